The normalized spacial score (nSPS) is 22.1. The zero-order valence-electron chi connectivity index (χ0n) is 12.9. The third-order valence-corrected chi connectivity index (χ3v) is 9.19. The molecule has 1 aliphatic carbocycles. The largest absolute Gasteiger partial charge is 0.321 e. The SMILES string of the molecule is CCN(CC)[Si](C)(C)C1=C(C)C(C)=C(C)C1C. The molecule has 0 aromatic carbocycles. The summed E-state index contributed by atoms with van der Waals surface area (Å²) in [4.78, 5) is 0. The summed E-state index contributed by atoms with van der Waals surface area (Å²) in [5.74, 6) is 0.664. The first kappa shape index (κ1) is 14.7. The van der Waals surface area contributed by atoms with Crippen molar-refractivity contribution in [2.45, 2.75) is 54.6 Å². The first-order chi connectivity index (χ1) is 7.78. The van der Waals surface area contributed by atoms with Gasteiger partial charge in [0.2, 0.25) is 0 Å². The molecule has 2 heteroatoms. The predicted octanol–water partition coefficient (Wildman–Crippen LogP) is 4.38. The lowest BCUT2D eigenvalue weighted by atomic mass is 10.1. The molecular formula is C15H29NSi. The molecular weight excluding hydrogens is 222 g/mol. The van der Waals surface area contributed by atoms with E-state index in [4.69, 9.17) is 0 Å². The lowest BCUT2D eigenvalue weighted by molar-refractivity contribution is 0.468. The second-order valence-electron chi connectivity index (χ2n) is 5.80. The van der Waals surface area contributed by atoms with Crippen LogP contribution in [0.25, 0.3) is 0 Å². The Bertz CT molecular complexity index is 359. The zero-order chi connectivity index (χ0) is 13.4. The van der Waals surface area contributed by atoms with Gasteiger partial charge in [0.1, 0.15) is 0 Å². The second kappa shape index (κ2) is 5.11. The van der Waals surface area contributed by atoms with E-state index in [0.717, 1.165) is 0 Å². The highest BCUT2D eigenvalue weighted by molar-refractivity contribution is 6.82. The standard InChI is InChI=1S/C15H29NSi/c1-9-16(10-2)17(7,8)15-13(5)11(3)12(4)14(15)6/h13H,9-10H2,1-8H3. The van der Waals surface area contributed by atoms with Gasteiger partial charge in [0.15, 0.2) is 8.24 Å². The van der Waals surface area contributed by atoms with E-state index in [2.05, 4.69) is 59.2 Å². The van der Waals surface area contributed by atoms with Crippen molar-refractivity contribution < 1.29 is 0 Å². The van der Waals surface area contributed by atoms with E-state index in [1.54, 1.807) is 21.9 Å². The third-order valence-electron chi connectivity index (χ3n) is 4.85. The highest BCUT2D eigenvalue weighted by atomic mass is 28.3. The van der Waals surface area contributed by atoms with Crippen molar-refractivity contribution in [1.82, 2.24) is 4.57 Å². The van der Waals surface area contributed by atoms with Crippen LogP contribution in [0.4, 0.5) is 0 Å². The molecule has 0 saturated heterocycles. The molecule has 0 aromatic heterocycles. The summed E-state index contributed by atoms with van der Waals surface area (Å²) in [6, 6.07) is 0. The van der Waals surface area contributed by atoms with Crippen LogP contribution in [0.15, 0.2) is 21.9 Å². The molecule has 0 heterocycles. The average molecular weight is 251 g/mol. The predicted molar refractivity (Wildman–Crippen MR) is 80.6 cm³/mol. The summed E-state index contributed by atoms with van der Waals surface area (Å²) in [5, 5.41) is 1.76. The van der Waals surface area contributed by atoms with Crippen LogP contribution in [0.3, 0.4) is 0 Å². The van der Waals surface area contributed by atoms with Crippen molar-refractivity contribution in [2.24, 2.45) is 5.92 Å². The molecule has 98 valence electrons. The minimum atomic E-state index is -1.44. The van der Waals surface area contributed by atoms with Gasteiger partial charge in [-0.15, -0.1) is 0 Å². The van der Waals surface area contributed by atoms with Gasteiger partial charge in [0.25, 0.3) is 0 Å². The Hall–Kier alpha value is -0.343. The van der Waals surface area contributed by atoms with Gasteiger partial charge in [-0.25, -0.2) is 0 Å². The monoisotopic (exact) mass is 251 g/mol. The Morgan fingerprint density at radius 2 is 1.47 bits per heavy atom. The van der Waals surface area contributed by atoms with E-state index >= 15 is 0 Å². The third kappa shape index (κ3) is 2.30. The molecule has 0 radical (unpaired) electrons. The molecule has 1 unspecified atom stereocenters. The van der Waals surface area contributed by atoms with E-state index in [-0.39, 0.29) is 0 Å². The van der Waals surface area contributed by atoms with Crippen LogP contribution < -0.4 is 0 Å². The summed E-state index contributed by atoms with van der Waals surface area (Å²) >= 11 is 0. The number of hydrogen-bond donors (Lipinski definition) is 0. The molecule has 0 amide bonds. The van der Waals surface area contributed by atoms with Crippen molar-refractivity contribution in [3.05, 3.63) is 21.9 Å². The van der Waals surface area contributed by atoms with E-state index in [0.29, 0.717) is 5.92 Å². The maximum absolute atomic E-state index is 2.70. The molecule has 1 atom stereocenters. The Labute approximate surface area is 109 Å². The molecule has 0 N–H and O–H groups in total. The lowest BCUT2D eigenvalue weighted by Crippen LogP contribution is -2.51. The van der Waals surface area contributed by atoms with Gasteiger partial charge >= 0.3 is 0 Å². The maximum Gasteiger partial charge on any atom is 0.150 e. The Balaban J connectivity index is 3.18. The Morgan fingerprint density at radius 1 is 1.00 bits per heavy atom. The number of allylic oxidation sites excluding steroid dienone is 4. The highest BCUT2D eigenvalue weighted by Gasteiger charge is 2.39. The van der Waals surface area contributed by atoms with E-state index in [1.165, 1.54) is 13.1 Å². The Kier molecular flexibility index (Phi) is 4.42. The second-order valence-corrected chi connectivity index (χ2v) is 10.1. The van der Waals surface area contributed by atoms with Gasteiger partial charge in [-0.1, -0.05) is 50.2 Å². The first-order valence-corrected chi connectivity index (χ1v) is 9.87. The van der Waals surface area contributed by atoms with Crippen molar-refractivity contribution in [2.75, 3.05) is 13.1 Å². The number of rotatable bonds is 4. The van der Waals surface area contributed by atoms with Gasteiger partial charge in [0, 0.05) is 0 Å². The molecule has 1 aliphatic rings. The number of nitrogens with zero attached hydrogens (tertiary/aromatic N) is 1. The van der Waals surface area contributed by atoms with Crippen molar-refractivity contribution >= 4 is 8.24 Å². The van der Waals surface area contributed by atoms with Crippen LogP contribution in [-0.2, 0) is 0 Å². The van der Waals surface area contributed by atoms with Crippen LogP contribution in [-0.4, -0.2) is 25.9 Å². The van der Waals surface area contributed by atoms with E-state index in [1.807, 2.05) is 0 Å². The van der Waals surface area contributed by atoms with Gasteiger partial charge in [-0.3, -0.25) is 0 Å². The molecule has 0 bridgehead atoms. The maximum atomic E-state index is 2.70. The molecule has 1 nitrogen and oxygen atoms in total. The Morgan fingerprint density at radius 3 is 1.76 bits per heavy atom. The van der Waals surface area contributed by atoms with Crippen molar-refractivity contribution in [1.29, 1.82) is 0 Å². The lowest BCUT2D eigenvalue weighted by Gasteiger charge is -2.39. The quantitative estimate of drug-likeness (QED) is 0.670. The summed E-state index contributed by atoms with van der Waals surface area (Å²) in [6.07, 6.45) is 0. The smallest absolute Gasteiger partial charge is 0.150 e. The highest BCUT2D eigenvalue weighted by Crippen LogP contribution is 2.42. The van der Waals surface area contributed by atoms with Crippen LogP contribution >= 0.6 is 0 Å². The summed E-state index contributed by atoms with van der Waals surface area (Å²) in [7, 11) is -1.44. The van der Waals surface area contributed by atoms with E-state index in [9.17, 15) is 0 Å². The van der Waals surface area contributed by atoms with E-state index < -0.39 is 8.24 Å². The minimum absolute atomic E-state index is 0.664. The van der Waals surface area contributed by atoms with Crippen LogP contribution in [0.5, 0.6) is 0 Å². The summed E-state index contributed by atoms with van der Waals surface area (Å²) in [6.45, 7) is 21.3. The minimum Gasteiger partial charge on any atom is -0.321 e. The number of hydrogen-bond acceptors (Lipinski definition) is 1. The van der Waals surface area contributed by atoms with Crippen molar-refractivity contribution in [3.8, 4) is 0 Å². The van der Waals surface area contributed by atoms with Crippen LogP contribution in [0.1, 0.15) is 41.5 Å². The van der Waals surface area contributed by atoms with Gasteiger partial charge < -0.3 is 4.57 Å². The fourth-order valence-corrected chi connectivity index (χ4v) is 7.84. The fraction of sp³-hybridized carbons (Fsp3) is 0.733. The first-order valence-electron chi connectivity index (χ1n) is 6.92. The van der Waals surface area contributed by atoms with Crippen LogP contribution in [0.2, 0.25) is 13.1 Å². The molecule has 0 aromatic rings. The summed E-state index contributed by atoms with van der Waals surface area (Å²) < 4.78 is 2.70. The van der Waals surface area contributed by atoms with Crippen LogP contribution in [0, 0.1) is 5.92 Å². The average Bonchev–Trinajstić information content (AvgIpc) is 2.45. The molecule has 0 spiro atoms. The zero-order valence-corrected chi connectivity index (χ0v) is 13.9. The van der Waals surface area contributed by atoms with Crippen molar-refractivity contribution in [3.63, 3.8) is 0 Å². The topological polar surface area (TPSA) is 3.24 Å². The molecule has 0 saturated carbocycles. The van der Waals surface area contributed by atoms with Gasteiger partial charge in [0.05, 0.1) is 0 Å². The van der Waals surface area contributed by atoms with Gasteiger partial charge in [-0.2, -0.15) is 0 Å². The fourth-order valence-electron chi connectivity index (χ4n) is 3.54. The summed E-state index contributed by atoms with van der Waals surface area (Å²) in [5.41, 5.74) is 4.71. The molecule has 0 aliphatic heterocycles. The molecule has 17 heavy (non-hydrogen) atoms. The molecule has 1 rings (SSSR count). The van der Waals surface area contributed by atoms with Gasteiger partial charge in [-0.05, 0) is 45.4 Å². The molecule has 0 fully saturated rings.